The molecule has 0 fully saturated rings. The summed E-state index contributed by atoms with van der Waals surface area (Å²) in [5.41, 5.74) is 3.54. The molecule has 0 aliphatic carbocycles. The lowest BCUT2D eigenvalue weighted by Crippen LogP contribution is -2.00. The van der Waals surface area contributed by atoms with Crippen molar-refractivity contribution >= 4 is 16.7 Å². The van der Waals surface area contributed by atoms with Crippen molar-refractivity contribution in [2.75, 3.05) is 7.11 Å². The van der Waals surface area contributed by atoms with E-state index in [2.05, 4.69) is 11.9 Å². The Morgan fingerprint density at radius 1 is 1.14 bits per heavy atom. The van der Waals surface area contributed by atoms with Crippen molar-refractivity contribution < 1.29 is 9.53 Å². The van der Waals surface area contributed by atoms with Crippen LogP contribution in [0.2, 0.25) is 0 Å². The Kier molecular flexibility index (Phi) is 3.48. The number of rotatable bonds is 4. The Hall–Kier alpha value is -2.55. The van der Waals surface area contributed by atoms with Crippen LogP contribution in [0.15, 0.2) is 48.7 Å². The number of fused-ring (bicyclic) bond motifs is 1. The quantitative estimate of drug-likeness (QED) is 0.734. The molecule has 2 aromatic carbocycles. The molecule has 0 saturated carbocycles. The molecule has 3 nitrogen and oxygen atoms in total. The minimum Gasteiger partial charge on any atom is -0.497 e. The monoisotopic (exact) mass is 279 g/mol. The number of aryl methyl sites for hydroxylation is 1. The third-order valence-electron chi connectivity index (χ3n) is 3.76. The Bertz CT molecular complexity index is 785. The Morgan fingerprint density at radius 2 is 1.90 bits per heavy atom. The lowest BCUT2D eigenvalue weighted by molar-refractivity contribution is 0.104. The minimum atomic E-state index is 0.0251. The normalized spacial score (nSPS) is 10.8. The molecule has 106 valence electrons. The van der Waals surface area contributed by atoms with Crippen LogP contribution in [-0.4, -0.2) is 17.9 Å². The first-order valence-corrected chi connectivity index (χ1v) is 7.01. The molecule has 0 unspecified atom stereocenters. The molecule has 1 aromatic heterocycles. The average Bonchev–Trinajstić information content (AvgIpc) is 2.97. The Morgan fingerprint density at radius 3 is 2.57 bits per heavy atom. The summed E-state index contributed by atoms with van der Waals surface area (Å²) in [7, 11) is 1.62. The molecule has 0 aliphatic heterocycles. The topological polar surface area (TPSA) is 42.1 Å². The summed E-state index contributed by atoms with van der Waals surface area (Å²) in [5, 5.41) is 0.888. The molecule has 0 saturated heterocycles. The molecular formula is C18H17NO2. The number of nitrogens with one attached hydrogen (secondary N) is 1. The van der Waals surface area contributed by atoms with Crippen LogP contribution in [0.5, 0.6) is 5.75 Å². The van der Waals surface area contributed by atoms with Crippen molar-refractivity contribution in [1.29, 1.82) is 0 Å². The number of carbonyl (C=O) groups is 1. The molecule has 0 spiro atoms. The lowest BCUT2D eigenvalue weighted by atomic mass is 10.0. The third-order valence-corrected chi connectivity index (χ3v) is 3.76. The SMILES string of the molecule is CCc1ccc(C(=O)c2c[nH]c3ccc(OC)cc23)cc1. The summed E-state index contributed by atoms with van der Waals surface area (Å²) in [6.07, 6.45) is 2.74. The van der Waals surface area contributed by atoms with Crippen LogP contribution in [0.1, 0.15) is 28.4 Å². The van der Waals surface area contributed by atoms with Crippen LogP contribution < -0.4 is 4.74 Å². The number of aromatic amines is 1. The summed E-state index contributed by atoms with van der Waals surface area (Å²) < 4.78 is 5.24. The van der Waals surface area contributed by atoms with Gasteiger partial charge in [-0.15, -0.1) is 0 Å². The summed E-state index contributed by atoms with van der Waals surface area (Å²) in [4.78, 5) is 15.8. The van der Waals surface area contributed by atoms with Crippen molar-refractivity contribution in [1.82, 2.24) is 4.98 Å². The van der Waals surface area contributed by atoms with E-state index < -0.39 is 0 Å². The van der Waals surface area contributed by atoms with Gasteiger partial charge in [0.2, 0.25) is 0 Å². The number of hydrogen-bond donors (Lipinski definition) is 1. The second-order valence-corrected chi connectivity index (χ2v) is 4.99. The molecule has 0 amide bonds. The Balaban J connectivity index is 2.04. The van der Waals surface area contributed by atoms with E-state index >= 15 is 0 Å². The molecular weight excluding hydrogens is 262 g/mol. The van der Waals surface area contributed by atoms with Gasteiger partial charge in [-0.2, -0.15) is 0 Å². The largest absolute Gasteiger partial charge is 0.497 e. The number of methoxy groups -OCH3 is 1. The van der Waals surface area contributed by atoms with Crippen LogP contribution in [0.4, 0.5) is 0 Å². The van der Waals surface area contributed by atoms with E-state index in [1.165, 1.54) is 5.56 Å². The highest BCUT2D eigenvalue weighted by atomic mass is 16.5. The summed E-state index contributed by atoms with van der Waals surface area (Å²) in [6.45, 7) is 2.10. The molecule has 1 heterocycles. The van der Waals surface area contributed by atoms with Gasteiger partial charge >= 0.3 is 0 Å². The van der Waals surface area contributed by atoms with Crippen LogP contribution in [0, 0.1) is 0 Å². The van der Waals surface area contributed by atoms with E-state index in [1.807, 2.05) is 42.5 Å². The molecule has 0 aliphatic rings. The first-order valence-electron chi connectivity index (χ1n) is 7.01. The van der Waals surface area contributed by atoms with Gasteiger partial charge in [0.15, 0.2) is 5.78 Å². The maximum Gasteiger partial charge on any atom is 0.195 e. The second kappa shape index (κ2) is 5.44. The van der Waals surface area contributed by atoms with Crippen molar-refractivity contribution in [3.05, 3.63) is 65.4 Å². The summed E-state index contributed by atoms with van der Waals surface area (Å²) in [5.74, 6) is 0.773. The predicted octanol–water partition coefficient (Wildman–Crippen LogP) is 3.97. The van der Waals surface area contributed by atoms with E-state index in [9.17, 15) is 4.79 Å². The maximum atomic E-state index is 12.7. The van der Waals surface area contributed by atoms with E-state index in [0.717, 1.165) is 23.1 Å². The number of H-pyrrole nitrogens is 1. The zero-order chi connectivity index (χ0) is 14.8. The predicted molar refractivity (Wildman–Crippen MR) is 84.1 cm³/mol. The fourth-order valence-corrected chi connectivity index (χ4v) is 2.46. The number of benzene rings is 2. The number of hydrogen-bond acceptors (Lipinski definition) is 2. The lowest BCUT2D eigenvalue weighted by Gasteiger charge is -2.03. The van der Waals surface area contributed by atoms with Gasteiger partial charge in [-0.1, -0.05) is 31.2 Å². The van der Waals surface area contributed by atoms with Crippen molar-refractivity contribution in [2.24, 2.45) is 0 Å². The van der Waals surface area contributed by atoms with Crippen LogP contribution in [-0.2, 0) is 6.42 Å². The Labute approximate surface area is 123 Å². The van der Waals surface area contributed by atoms with Crippen LogP contribution >= 0.6 is 0 Å². The van der Waals surface area contributed by atoms with Gasteiger partial charge in [0.1, 0.15) is 5.75 Å². The standard InChI is InChI=1S/C18H17NO2/c1-3-12-4-6-13(7-5-12)18(20)16-11-19-17-9-8-14(21-2)10-15(16)17/h4-11,19H,3H2,1-2H3. The molecule has 21 heavy (non-hydrogen) atoms. The molecule has 3 heteroatoms. The average molecular weight is 279 g/mol. The van der Waals surface area contributed by atoms with E-state index in [1.54, 1.807) is 13.3 Å². The molecule has 0 radical (unpaired) electrons. The van der Waals surface area contributed by atoms with Gasteiger partial charge in [0.25, 0.3) is 0 Å². The van der Waals surface area contributed by atoms with Gasteiger partial charge in [-0.3, -0.25) is 4.79 Å². The van der Waals surface area contributed by atoms with Crippen molar-refractivity contribution in [3.63, 3.8) is 0 Å². The van der Waals surface area contributed by atoms with Gasteiger partial charge in [0.05, 0.1) is 7.11 Å². The smallest absolute Gasteiger partial charge is 0.195 e. The fourth-order valence-electron chi connectivity index (χ4n) is 2.46. The van der Waals surface area contributed by atoms with E-state index in [-0.39, 0.29) is 5.78 Å². The first-order chi connectivity index (χ1) is 10.2. The highest BCUT2D eigenvalue weighted by molar-refractivity contribution is 6.16. The minimum absolute atomic E-state index is 0.0251. The van der Waals surface area contributed by atoms with E-state index in [4.69, 9.17) is 4.74 Å². The van der Waals surface area contributed by atoms with Crippen LogP contribution in [0.3, 0.4) is 0 Å². The van der Waals surface area contributed by atoms with Gasteiger partial charge in [0, 0.05) is 28.2 Å². The van der Waals surface area contributed by atoms with Crippen molar-refractivity contribution in [2.45, 2.75) is 13.3 Å². The van der Waals surface area contributed by atoms with E-state index in [0.29, 0.717) is 11.1 Å². The second-order valence-electron chi connectivity index (χ2n) is 4.99. The molecule has 0 bridgehead atoms. The summed E-state index contributed by atoms with van der Waals surface area (Å²) in [6, 6.07) is 13.5. The van der Waals surface area contributed by atoms with Gasteiger partial charge < -0.3 is 9.72 Å². The molecule has 1 N–H and O–H groups in total. The zero-order valence-electron chi connectivity index (χ0n) is 12.1. The fraction of sp³-hybridized carbons (Fsp3) is 0.167. The van der Waals surface area contributed by atoms with Crippen molar-refractivity contribution in [3.8, 4) is 5.75 Å². The highest BCUT2D eigenvalue weighted by Gasteiger charge is 2.14. The third kappa shape index (κ3) is 2.42. The maximum absolute atomic E-state index is 12.7. The number of carbonyl (C=O) groups excluding carboxylic acids is 1. The zero-order valence-corrected chi connectivity index (χ0v) is 12.1. The van der Waals surface area contributed by atoms with Gasteiger partial charge in [-0.05, 0) is 30.2 Å². The first kappa shape index (κ1) is 13.4. The number of ketones is 1. The molecule has 0 atom stereocenters. The molecule has 3 aromatic rings. The molecule has 3 rings (SSSR count). The number of ether oxygens (including phenoxy) is 1. The number of aromatic nitrogens is 1. The highest BCUT2D eigenvalue weighted by Crippen LogP contribution is 2.25. The van der Waals surface area contributed by atoms with Crippen LogP contribution in [0.25, 0.3) is 10.9 Å². The van der Waals surface area contributed by atoms with Gasteiger partial charge in [-0.25, -0.2) is 0 Å². The summed E-state index contributed by atoms with van der Waals surface area (Å²) >= 11 is 0.